The number of hydrogen-bond donors (Lipinski definition) is 2. The molecule has 0 bridgehead atoms. The predicted molar refractivity (Wildman–Crippen MR) is 96.2 cm³/mol. The third-order valence-electron chi connectivity index (χ3n) is 4.34. The minimum atomic E-state index is -0.747. The minimum absolute atomic E-state index is 0.0195. The molecule has 3 rings (SSSR count). The Bertz CT molecular complexity index is 899. The standard InChI is InChI=1S/C20H19NO5/c1-11-4-6-12(7-5-11)17-16(19(23)20(24)21-17)18(22)13-8-9-14(25-2)15(10-13)26-3/h4-10,17,22H,1-3H3,(H,21,24)/b18-16-. The fourth-order valence-electron chi connectivity index (χ4n) is 2.91. The number of rotatable bonds is 4. The van der Waals surface area contributed by atoms with E-state index in [-0.39, 0.29) is 11.3 Å². The van der Waals surface area contributed by atoms with E-state index in [4.69, 9.17) is 9.47 Å². The number of Topliss-reactive ketones (excluding diaryl/α,β-unsaturated/α-hetero) is 1. The number of benzene rings is 2. The van der Waals surface area contributed by atoms with E-state index >= 15 is 0 Å². The lowest BCUT2D eigenvalue weighted by atomic mass is 9.95. The highest BCUT2D eigenvalue weighted by Gasteiger charge is 2.39. The zero-order chi connectivity index (χ0) is 18.8. The summed E-state index contributed by atoms with van der Waals surface area (Å²) in [6.45, 7) is 1.94. The van der Waals surface area contributed by atoms with Crippen molar-refractivity contribution in [2.24, 2.45) is 0 Å². The topological polar surface area (TPSA) is 84.9 Å². The van der Waals surface area contributed by atoms with Crippen molar-refractivity contribution in [2.45, 2.75) is 13.0 Å². The molecule has 1 saturated heterocycles. The Morgan fingerprint density at radius 3 is 2.27 bits per heavy atom. The minimum Gasteiger partial charge on any atom is -0.507 e. The van der Waals surface area contributed by atoms with Crippen molar-refractivity contribution < 1.29 is 24.2 Å². The molecule has 2 aromatic rings. The summed E-state index contributed by atoms with van der Waals surface area (Å²) in [7, 11) is 2.99. The van der Waals surface area contributed by atoms with Crippen LogP contribution in [0.3, 0.4) is 0 Å². The van der Waals surface area contributed by atoms with Crippen LogP contribution in [-0.2, 0) is 9.59 Å². The SMILES string of the molecule is COc1ccc(/C(O)=C2/C(=O)C(=O)NC2c2ccc(C)cc2)cc1OC. The van der Waals surface area contributed by atoms with E-state index in [9.17, 15) is 14.7 Å². The van der Waals surface area contributed by atoms with Crippen LogP contribution in [0, 0.1) is 6.92 Å². The number of amides is 1. The van der Waals surface area contributed by atoms with Gasteiger partial charge in [-0.1, -0.05) is 29.8 Å². The molecule has 26 heavy (non-hydrogen) atoms. The monoisotopic (exact) mass is 353 g/mol. The van der Waals surface area contributed by atoms with Crippen LogP contribution in [0.2, 0.25) is 0 Å². The van der Waals surface area contributed by atoms with Gasteiger partial charge in [0, 0.05) is 5.56 Å². The molecule has 1 atom stereocenters. The lowest BCUT2D eigenvalue weighted by Gasteiger charge is -2.15. The predicted octanol–water partition coefficient (Wildman–Crippen LogP) is 2.72. The Morgan fingerprint density at radius 1 is 1.00 bits per heavy atom. The molecule has 1 unspecified atom stereocenters. The van der Waals surface area contributed by atoms with Gasteiger partial charge in [0.1, 0.15) is 5.76 Å². The average molecular weight is 353 g/mol. The van der Waals surface area contributed by atoms with Crippen molar-refractivity contribution in [3.8, 4) is 11.5 Å². The molecule has 0 aliphatic carbocycles. The second kappa shape index (κ2) is 6.92. The largest absolute Gasteiger partial charge is 0.507 e. The van der Waals surface area contributed by atoms with Crippen molar-refractivity contribution in [1.29, 1.82) is 0 Å². The quantitative estimate of drug-likeness (QED) is 0.502. The number of carbonyl (C=O) groups excluding carboxylic acids is 2. The highest BCUT2D eigenvalue weighted by molar-refractivity contribution is 6.46. The molecule has 0 spiro atoms. The van der Waals surface area contributed by atoms with Gasteiger partial charge in [0.15, 0.2) is 11.5 Å². The summed E-state index contributed by atoms with van der Waals surface area (Å²) >= 11 is 0. The third kappa shape index (κ3) is 3.01. The van der Waals surface area contributed by atoms with Crippen LogP contribution in [0.4, 0.5) is 0 Å². The average Bonchev–Trinajstić information content (AvgIpc) is 2.96. The second-order valence-corrected chi connectivity index (χ2v) is 5.98. The number of nitrogens with one attached hydrogen (secondary N) is 1. The van der Waals surface area contributed by atoms with Gasteiger partial charge in [-0.15, -0.1) is 0 Å². The molecule has 1 heterocycles. The van der Waals surface area contributed by atoms with Gasteiger partial charge in [-0.25, -0.2) is 0 Å². The number of ether oxygens (including phenoxy) is 2. The molecule has 1 aliphatic heterocycles. The van der Waals surface area contributed by atoms with E-state index in [1.54, 1.807) is 18.2 Å². The molecule has 6 nitrogen and oxygen atoms in total. The summed E-state index contributed by atoms with van der Waals surface area (Å²) < 4.78 is 10.4. The van der Waals surface area contributed by atoms with Gasteiger partial charge >= 0.3 is 0 Å². The Kier molecular flexibility index (Phi) is 4.67. The zero-order valence-corrected chi connectivity index (χ0v) is 14.7. The molecule has 1 fully saturated rings. The first kappa shape index (κ1) is 17.5. The number of carbonyl (C=O) groups is 2. The number of aliphatic hydroxyl groups is 1. The van der Waals surface area contributed by atoms with Crippen molar-refractivity contribution in [1.82, 2.24) is 5.32 Å². The first-order chi connectivity index (χ1) is 12.5. The van der Waals surface area contributed by atoms with Gasteiger partial charge in [-0.05, 0) is 30.7 Å². The van der Waals surface area contributed by atoms with E-state index < -0.39 is 17.7 Å². The summed E-state index contributed by atoms with van der Waals surface area (Å²) in [5, 5.41) is 13.4. The van der Waals surface area contributed by atoms with E-state index in [2.05, 4.69) is 5.32 Å². The van der Waals surface area contributed by atoms with Crippen LogP contribution in [0.5, 0.6) is 11.5 Å². The lowest BCUT2D eigenvalue weighted by Crippen LogP contribution is -2.21. The maximum atomic E-state index is 12.4. The fraction of sp³-hybridized carbons (Fsp3) is 0.200. The molecule has 0 radical (unpaired) electrons. The summed E-state index contributed by atoms with van der Waals surface area (Å²) in [5.41, 5.74) is 2.15. The summed E-state index contributed by atoms with van der Waals surface area (Å²) in [4.78, 5) is 24.3. The van der Waals surface area contributed by atoms with Crippen LogP contribution in [-0.4, -0.2) is 31.0 Å². The van der Waals surface area contributed by atoms with Crippen LogP contribution < -0.4 is 14.8 Å². The molecule has 2 N–H and O–H groups in total. The van der Waals surface area contributed by atoms with Gasteiger partial charge in [0.25, 0.3) is 11.7 Å². The zero-order valence-electron chi connectivity index (χ0n) is 14.7. The van der Waals surface area contributed by atoms with Gasteiger partial charge < -0.3 is 19.9 Å². The molecule has 1 amide bonds. The maximum Gasteiger partial charge on any atom is 0.293 e. The van der Waals surface area contributed by atoms with Gasteiger partial charge in [0.05, 0.1) is 25.8 Å². The summed E-state index contributed by atoms with van der Waals surface area (Å²) in [5.74, 6) is -0.842. The Hall–Kier alpha value is -3.28. The summed E-state index contributed by atoms with van der Waals surface area (Å²) in [6.07, 6.45) is 0. The molecule has 0 saturated carbocycles. The van der Waals surface area contributed by atoms with Crippen LogP contribution in [0.1, 0.15) is 22.7 Å². The Morgan fingerprint density at radius 2 is 1.65 bits per heavy atom. The van der Waals surface area contributed by atoms with Crippen LogP contribution in [0.25, 0.3) is 5.76 Å². The molecule has 0 aromatic heterocycles. The van der Waals surface area contributed by atoms with E-state index in [0.717, 1.165) is 11.1 Å². The smallest absolute Gasteiger partial charge is 0.293 e. The molecule has 2 aromatic carbocycles. The molecular weight excluding hydrogens is 334 g/mol. The fourth-order valence-corrected chi connectivity index (χ4v) is 2.91. The van der Waals surface area contributed by atoms with Crippen molar-refractivity contribution in [2.75, 3.05) is 14.2 Å². The summed E-state index contributed by atoms with van der Waals surface area (Å²) in [6, 6.07) is 11.5. The second-order valence-electron chi connectivity index (χ2n) is 5.98. The van der Waals surface area contributed by atoms with Crippen LogP contribution in [0.15, 0.2) is 48.0 Å². The number of aliphatic hydroxyl groups excluding tert-OH is 1. The Balaban J connectivity index is 2.11. The van der Waals surface area contributed by atoms with E-state index in [1.165, 1.54) is 14.2 Å². The van der Waals surface area contributed by atoms with E-state index in [1.807, 2.05) is 31.2 Å². The highest BCUT2D eigenvalue weighted by Crippen LogP contribution is 2.35. The maximum absolute atomic E-state index is 12.4. The van der Waals surface area contributed by atoms with Gasteiger partial charge in [-0.2, -0.15) is 0 Å². The van der Waals surface area contributed by atoms with Gasteiger partial charge in [0.2, 0.25) is 0 Å². The number of hydrogen-bond acceptors (Lipinski definition) is 5. The molecule has 6 heteroatoms. The third-order valence-corrected chi connectivity index (χ3v) is 4.34. The molecular formula is C20H19NO5. The van der Waals surface area contributed by atoms with Crippen LogP contribution >= 0.6 is 0 Å². The molecule has 1 aliphatic rings. The van der Waals surface area contributed by atoms with Gasteiger partial charge in [-0.3, -0.25) is 9.59 Å². The highest BCUT2D eigenvalue weighted by atomic mass is 16.5. The van der Waals surface area contributed by atoms with Crippen molar-refractivity contribution in [3.63, 3.8) is 0 Å². The van der Waals surface area contributed by atoms with E-state index in [0.29, 0.717) is 17.1 Å². The lowest BCUT2D eigenvalue weighted by molar-refractivity contribution is -0.133. The number of methoxy groups -OCH3 is 2. The van der Waals surface area contributed by atoms with Crippen molar-refractivity contribution >= 4 is 17.4 Å². The molecule has 134 valence electrons. The normalized spacial score (nSPS) is 18.5. The first-order valence-corrected chi connectivity index (χ1v) is 8.03. The number of aryl methyl sites for hydroxylation is 1. The number of ketones is 1. The van der Waals surface area contributed by atoms with Crippen molar-refractivity contribution in [3.05, 3.63) is 64.7 Å². The Labute approximate surface area is 151 Å². The first-order valence-electron chi connectivity index (χ1n) is 8.03.